The molecule has 0 amide bonds. The first-order valence-corrected chi connectivity index (χ1v) is 6.53. The number of rotatable bonds is 6. The summed E-state index contributed by atoms with van der Waals surface area (Å²) < 4.78 is 5.58. The van der Waals surface area contributed by atoms with Gasteiger partial charge in [-0.3, -0.25) is 0 Å². The van der Waals surface area contributed by atoms with Gasteiger partial charge in [-0.1, -0.05) is 6.92 Å². The largest absolute Gasteiger partial charge is 0.377 e. The van der Waals surface area contributed by atoms with Crippen LogP contribution in [-0.4, -0.2) is 50.8 Å². The van der Waals surface area contributed by atoms with Gasteiger partial charge in [-0.15, -0.1) is 0 Å². The van der Waals surface area contributed by atoms with Crippen LogP contribution >= 0.6 is 0 Å². The van der Waals surface area contributed by atoms with Crippen LogP contribution in [0.1, 0.15) is 33.6 Å². The summed E-state index contributed by atoms with van der Waals surface area (Å²) >= 11 is 0. The van der Waals surface area contributed by atoms with E-state index in [-0.39, 0.29) is 0 Å². The van der Waals surface area contributed by atoms with Crippen molar-refractivity contribution in [1.82, 2.24) is 10.2 Å². The second-order valence-electron chi connectivity index (χ2n) is 5.75. The molecule has 0 aromatic heterocycles. The number of nitrogens with zero attached hydrogens (tertiary/aromatic N) is 1. The number of piperidine rings is 1. The SMILES string of the molecule is CC(C)OCCN(C)CC1(C)CCCNC1. The highest BCUT2D eigenvalue weighted by Gasteiger charge is 2.27. The molecule has 3 nitrogen and oxygen atoms in total. The van der Waals surface area contributed by atoms with Crippen LogP contribution in [0.25, 0.3) is 0 Å². The Morgan fingerprint density at radius 2 is 2.19 bits per heavy atom. The van der Waals surface area contributed by atoms with Crippen molar-refractivity contribution in [1.29, 1.82) is 0 Å². The zero-order valence-corrected chi connectivity index (χ0v) is 11.4. The van der Waals surface area contributed by atoms with E-state index >= 15 is 0 Å². The number of ether oxygens (including phenoxy) is 1. The number of hydrogen-bond acceptors (Lipinski definition) is 3. The molecule has 0 aromatic rings. The van der Waals surface area contributed by atoms with Crippen molar-refractivity contribution >= 4 is 0 Å². The minimum absolute atomic E-state index is 0.348. The third-order valence-corrected chi connectivity index (χ3v) is 3.26. The monoisotopic (exact) mass is 228 g/mol. The van der Waals surface area contributed by atoms with E-state index in [1.165, 1.54) is 25.9 Å². The molecule has 0 aromatic carbocycles. The molecule has 0 saturated carbocycles. The molecule has 1 N–H and O–H groups in total. The molecular weight excluding hydrogens is 200 g/mol. The molecule has 0 aliphatic carbocycles. The van der Waals surface area contributed by atoms with Gasteiger partial charge < -0.3 is 15.0 Å². The molecule has 1 fully saturated rings. The Hall–Kier alpha value is -0.120. The van der Waals surface area contributed by atoms with Crippen LogP contribution in [0.2, 0.25) is 0 Å². The Morgan fingerprint density at radius 1 is 1.44 bits per heavy atom. The standard InChI is InChI=1S/C13H28N2O/c1-12(2)16-9-8-15(4)11-13(3)6-5-7-14-10-13/h12,14H,5-11H2,1-4H3. The summed E-state index contributed by atoms with van der Waals surface area (Å²) in [7, 11) is 2.20. The summed E-state index contributed by atoms with van der Waals surface area (Å²) in [5.74, 6) is 0. The van der Waals surface area contributed by atoms with Gasteiger partial charge in [0.1, 0.15) is 0 Å². The van der Waals surface area contributed by atoms with Gasteiger partial charge in [0.05, 0.1) is 12.7 Å². The first-order chi connectivity index (χ1) is 7.52. The number of likely N-dealkylation sites (N-methyl/N-ethyl adjacent to an activating group) is 1. The summed E-state index contributed by atoms with van der Waals surface area (Å²) in [6.45, 7) is 12.0. The predicted molar refractivity (Wildman–Crippen MR) is 68.8 cm³/mol. The van der Waals surface area contributed by atoms with Crippen LogP contribution in [0.4, 0.5) is 0 Å². The van der Waals surface area contributed by atoms with E-state index in [9.17, 15) is 0 Å². The molecule has 1 unspecified atom stereocenters. The van der Waals surface area contributed by atoms with E-state index < -0.39 is 0 Å². The van der Waals surface area contributed by atoms with Gasteiger partial charge in [-0.25, -0.2) is 0 Å². The Balaban J connectivity index is 2.19. The molecule has 0 bridgehead atoms. The van der Waals surface area contributed by atoms with Crippen molar-refractivity contribution in [3.63, 3.8) is 0 Å². The zero-order chi connectivity index (χ0) is 12.0. The lowest BCUT2D eigenvalue weighted by molar-refractivity contribution is 0.0529. The van der Waals surface area contributed by atoms with E-state index in [1.54, 1.807) is 0 Å². The van der Waals surface area contributed by atoms with E-state index in [1.807, 2.05) is 0 Å². The third-order valence-electron chi connectivity index (χ3n) is 3.26. The van der Waals surface area contributed by atoms with Crippen molar-refractivity contribution in [2.45, 2.75) is 39.7 Å². The Kier molecular flexibility index (Phi) is 5.73. The Bertz CT molecular complexity index is 188. The smallest absolute Gasteiger partial charge is 0.0596 e. The highest BCUT2D eigenvalue weighted by molar-refractivity contribution is 4.83. The molecule has 1 heterocycles. The summed E-state index contributed by atoms with van der Waals surface area (Å²) in [6.07, 6.45) is 3.00. The molecule has 1 rings (SSSR count). The Morgan fingerprint density at radius 3 is 2.75 bits per heavy atom. The summed E-state index contributed by atoms with van der Waals surface area (Å²) in [5, 5.41) is 3.50. The maximum atomic E-state index is 5.58. The van der Waals surface area contributed by atoms with E-state index in [0.29, 0.717) is 11.5 Å². The molecule has 96 valence electrons. The molecule has 0 spiro atoms. The van der Waals surface area contributed by atoms with Crippen LogP contribution in [0, 0.1) is 5.41 Å². The van der Waals surface area contributed by atoms with Crippen molar-refractivity contribution in [3.8, 4) is 0 Å². The van der Waals surface area contributed by atoms with Gasteiger partial charge >= 0.3 is 0 Å². The van der Waals surface area contributed by atoms with Crippen molar-refractivity contribution in [2.75, 3.05) is 39.8 Å². The van der Waals surface area contributed by atoms with Crippen molar-refractivity contribution in [3.05, 3.63) is 0 Å². The van der Waals surface area contributed by atoms with Gasteiger partial charge in [0.2, 0.25) is 0 Å². The minimum Gasteiger partial charge on any atom is -0.377 e. The van der Waals surface area contributed by atoms with Crippen molar-refractivity contribution < 1.29 is 4.74 Å². The molecule has 1 atom stereocenters. The average molecular weight is 228 g/mol. The molecular formula is C13H28N2O. The average Bonchev–Trinajstić information content (AvgIpc) is 2.17. The van der Waals surface area contributed by atoms with E-state index in [4.69, 9.17) is 4.74 Å². The van der Waals surface area contributed by atoms with Crippen LogP contribution in [-0.2, 0) is 4.74 Å². The van der Waals surface area contributed by atoms with Crippen LogP contribution < -0.4 is 5.32 Å². The fraction of sp³-hybridized carbons (Fsp3) is 1.00. The lowest BCUT2D eigenvalue weighted by Gasteiger charge is -2.37. The quantitative estimate of drug-likeness (QED) is 0.749. The fourth-order valence-corrected chi connectivity index (χ4v) is 2.43. The third kappa shape index (κ3) is 5.28. The molecule has 1 aliphatic heterocycles. The predicted octanol–water partition coefficient (Wildman–Crippen LogP) is 1.73. The van der Waals surface area contributed by atoms with Gasteiger partial charge in [-0.05, 0) is 45.7 Å². The van der Waals surface area contributed by atoms with Gasteiger partial charge in [0, 0.05) is 19.6 Å². The maximum absolute atomic E-state index is 5.58. The first-order valence-electron chi connectivity index (χ1n) is 6.53. The van der Waals surface area contributed by atoms with Crippen LogP contribution in [0.5, 0.6) is 0 Å². The highest BCUT2D eigenvalue weighted by Crippen LogP contribution is 2.25. The highest BCUT2D eigenvalue weighted by atomic mass is 16.5. The second-order valence-corrected chi connectivity index (χ2v) is 5.75. The normalized spacial score (nSPS) is 26.6. The lowest BCUT2D eigenvalue weighted by atomic mass is 9.82. The topological polar surface area (TPSA) is 24.5 Å². The lowest BCUT2D eigenvalue weighted by Crippen LogP contribution is -2.45. The second kappa shape index (κ2) is 6.58. The zero-order valence-electron chi connectivity index (χ0n) is 11.4. The fourth-order valence-electron chi connectivity index (χ4n) is 2.43. The maximum Gasteiger partial charge on any atom is 0.0596 e. The van der Waals surface area contributed by atoms with Gasteiger partial charge in [-0.2, -0.15) is 0 Å². The minimum atomic E-state index is 0.348. The number of hydrogen-bond donors (Lipinski definition) is 1. The molecule has 16 heavy (non-hydrogen) atoms. The molecule has 1 aliphatic rings. The summed E-state index contributed by atoms with van der Waals surface area (Å²) in [5.41, 5.74) is 0.449. The van der Waals surface area contributed by atoms with Gasteiger partial charge in [0.25, 0.3) is 0 Å². The molecule has 0 radical (unpaired) electrons. The molecule has 3 heteroatoms. The summed E-state index contributed by atoms with van der Waals surface area (Å²) in [6, 6.07) is 0. The molecule has 1 saturated heterocycles. The van der Waals surface area contributed by atoms with Crippen molar-refractivity contribution in [2.24, 2.45) is 5.41 Å². The van der Waals surface area contributed by atoms with E-state index in [2.05, 4.69) is 38.0 Å². The van der Waals surface area contributed by atoms with Crippen LogP contribution in [0.3, 0.4) is 0 Å². The van der Waals surface area contributed by atoms with Crippen LogP contribution in [0.15, 0.2) is 0 Å². The summed E-state index contributed by atoms with van der Waals surface area (Å²) in [4.78, 5) is 2.40. The van der Waals surface area contributed by atoms with Gasteiger partial charge in [0.15, 0.2) is 0 Å². The Labute approximate surface area is 101 Å². The first kappa shape index (κ1) is 13.9. The van der Waals surface area contributed by atoms with E-state index in [0.717, 1.165) is 19.7 Å². The number of nitrogens with one attached hydrogen (secondary N) is 1.